The van der Waals surface area contributed by atoms with E-state index in [1.165, 1.54) is 12.1 Å². The van der Waals surface area contributed by atoms with Crippen LogP contribution in [0.4, 0.5) is 4.39 Å². The minimum absolute atomic E-state index is 0.276. The topological polar surface area (TPSA) is 21.3 Å². The average molecular weight is 294 g/mol. The quantitative estimate of drug-likeness (QED) is 0.889. The first kappa shape index (κ1) is 14.8. The summed E-state index contributed by atoms with van der Waals surface area (Å²) in [6.45, 7) is 3.55. The summed E-state index contributed by atoms with van der Waals surface area (Å²) in [5, 5.41) is 3.85. The molecule has 0 spiro atoms. The lowest BCUT2D eigenvalue weighted by atomic mass is 9.98. The summed E-state index contributed by atoms with van der Waals surface area (Å²) in [6.07, 6.45) is 0. The highest BCUT2D eigenvalue weighted by atomic mass is 35.5. The first-order chi connectivity index (χ1) is 9.65. The Hall–Kier alpha value is -1.58. The molecular formula is C16H17ClFNO. The number of benzene rings is 2. The van der Waals surface area contributed by atoms with Crippen LogP contribution in [0.25, 0.3) is 11.1 Å². The highest BCUT2D eigenvalue weighted by Gasteiger charge is 2.12. The third kappa shape index (κ3) is 3.30. The summed E-state index contributed by atoms with van der Waals surface area (Å²) >= 11 is 6.06. The van der Waals surface area contributed by atoms with Gasteiger partial charge in [0.05, 0.1) is 7.11 Å². The van der Waals surface area contributed by atoms with Gasteiger partial charge < -0.3 is 10.1 Å². The maximum absolute atomic E-state index is 13.6. The molecule has 106 valence electrons. The molecule has 0 heterocycles. The van der Waals surface area contributed by atoms with Gasteiger partial charge in [-0.2, -0.15) is 0 Å². The van der Waals surface area contributed by atoms with Crippen LogP contribution < -0.4 is 10.1 Å². The van der Waals surface area contributed by atoms with Gasteiger partial charge in [-0.3, -0.25) is 0 Å². The van der Waals surface area contributed by atoms with E-state index in [-0.39, 0.29) is 5.82 Å². The van der Waals surface area contributed by atoms with Crippen LogP contribution in [0.1, 0.15) is 12.5 Å². The molecule has 20 heavy (non-hydrogen) atoms. The largest absolute Gasteiger partial charge is 0.496 e. The standard InChI is InChI=1S/C16H17ClFNO/c1-3-19-10-11-4-6-13(18)9-14(11)15-8-12(17)5-7-16(15)20-2/h4-9,19H,3,10H2,1-2H3. The van der Waals surface area contributed by atoms with Gasteiger partial charge in [-0.15, -0.1) is 0 Å². The zero-order valence-electron chi connectivity index (χ0n) is 11.5. The maximum Gasteiger partial charge on any atom is 0.126 e. The fourth-order valence-electron chi connectivity index (χ4n) is 2.10. The number of ether oxygens (including phenoxy) is 1. The lowest BCUT2D eigenvalue weighted by Crippen LogP contribution is -2.12. The molecule has 0 aliphatic heterocycles. The Balaban J connectivity index is 2.55. The van der Waals surface area contributed by atoms with Gasteiger partial charge in [-0.05, 0) is 48.0 Å². The Bertz CT molecular complexity index is 601. The molecule has 0 fully saturated rings. The van der Waals surface area contributed by atoms with Crippen molar-refractivity contribution in [2.45, 2.75) is 13.5 Å². The van der Waals surface area contributed by atoms with Crippen LogP contribution >= 0.6 is 11.6 Å². The fraction of sp³-hybridized carbons (Fsp3) is 0.250. The number of rotatable bonds is 5. The maximum atomic E-state index is 13.6. The molecule has 0 atom stereocenters. The van der Waals surface area contributed by atoms with Crippen molar-refractivity contribution in [1.29, 1.82) is 0 Å². The van der Waals surface area contributed by atoms with Crippen LogP contribution in [0, 0.1) is 5.82 Å². The van der Waals surface area contributed by atoms with Crippen molar-refractivity contribution in [2.75, 3.05) is 13.7 Å². The van der Waals surface area contributed by atoms with Gasteiger partial charge in [-0.1, -0.05) is 24.6 Å². The predicted octanol–water partition coefficient (Wildman–Crippen LogP) is 4.26. The van der Waals surface area contributed by atoms with Crippen LogP contribution in [0.3, 0.4) is 0 Å². The number of halogens is 2. The van der Waals surface area contributed by atoms with Crippen molar-refractivity contribution in [3.8, 4) is 16.9 Å². The molecule has 2 aromatic rings. The molecule has 0 aliphatic carbocycles. The molecule has 2 rings (SSSR count). The van der Waals surface area contributed by atoms with Crippen LogP contribution in [0.2, 0.25) is 5.02 Å². The minimum atomic E-state index is -0.276. The van der Waals surface area contributed by atoms with Gasteiger partial charge in [0, 0.05) is 17.1 Å². The normalized spacial score (nSPS) is 10.6. The van der Waals surface area contributed by atoms with E-state index in [4.69, 9.17) is 16.3 Å². The van der Waals surface area contributed by atoms with Crippen molar-refractivity contribution >= 4 is 11.6 Å². The number of hydrogen-bond donors (Lipinski definition) is 1. The van der Waals surface area contributed by atoms with E-state index in [0.29, 0.717) is 17.3 Å². The summed E-state index contributed by atoms with van der Waals surface area (Å²) in [5.41, 5.74) is 2.60. The predicted molar refractivity (Wildman–Crippen MR) is 80.8 cm³/mol. The molecule has 1 N–H and O–H groups in total. The molecule has 4 heteroatoms. The SMILES string of the molecule is CCNCc1ccc(F)cc1-c1cc(Cl)ccc1OC. The van der Waals surface area contributed by atoms with E-state index in [1.54, 1.807) is 31.4 Å². The minimum Gasteiger partial charge on any atom is -0.496 e. The van der Waals surface area contributed by atoms with E-state index >= 15 is 0 Å². The van der Waals surface area contributed by atoms with Crippen LogP contribution in [0.5, 0.6) is 5.75 Å². The van der Waals surface area contributed by atoms with Gasteiger partial charge in [-0.25, -0.2) is 4.39 Å². The van der Waals surface area contributed by atoms with Crippen molar-refractivity contribution < 1.29 is 9.13 Å². The summed E-state index contributed by atoms with van der Waals surface area (Å²) < 4.78 is 18.9. The second-order valence-electron chi connectivity index (χ2n) is 4.43. The molecule has 0 unspecified atom stereocenters. The molecule has 2 nitrogen and oxygen atoms in total. The van der Waals surface area contributed by atoms with E-state index < -0.39 is 0 Å². The Morgan fingerprint density at radius 1 is 1.15 bits per heavy atom. The summed E-state index contributed by atoms with van der Waals surface area (Å²) in [5.74, 6) is 0.403. The molecular weight excluding hydrogens is 277 g/mol. The van der Waals surface area contributed by atoms with Crippen molar-refractivity contribution in [1.82, 2.24) is 5.32 Å². The Morgan fingerprint density at radius 2 is 1.95 bits per heavy atom. The lowest BCUT2D eigenvalue weighted by Gasteiger charge is -2.14. The second-order valence-corrected chi connectivity index (χ2v) is 4.86. The van der Waals surface area contributed by atoms with Gasteiger partial charge >= 0.3 is 0 Å². The fourth-order valence-corrected chi connectivity index (χ4v) is 2.28. The monoisotopic (exact) mass is 293 g/mol. The van der Waals surface area contributed by atoms with Gasteiger partial charge in [0.25, 0.3) is 0 Å². The summed E-state index contributed by atoms with van der Waals surface area (Å²) in [7, 11) is 1.59. The lowest BCUT2D eigenvalue weighted by molar-refractivity contribution is 0.416. The molecule has 0 radical (unpaired) electrons. The molecule has 0 bridgehead atoms. The van der Waals surface area contributed by atoms with E-state index in [9.17, 15) is 4.39 Å². The first-order valence-corrected chi connectivity index (χ1v) is 6.86. The van der Waals surface area contributed by atoms with Crippen molar-refractivity contribution in [2.24, 2.45) is 0 Å². The van der Waals surface area contributed by atoms with Gasteiger partial charge in [0.2, 0.25) is 0 Å². The van der Waals surface area contributed by atoms with Crippen LogP contribution in [-0.4, -0.2) is 13.7 Å². The molecule has 0 saturated carbocycles. The van der Waals surface area contributed by atoms with E-state index in [0.717, 1.165) is 23.2 Å². The van der Waals surface area contributed by atoms with Gasteiger partial charge in [0.15, 0.2) is 0 Å². The average Bonchev–Trinajstić information content (AvgIpc) is 2.46. The summed E-state index contributed by atoms with van der Waals surface area (Å²) in [6, 6.07) is 10.1. The zero-order chi connectivity index (χ0) is 14.5. The molecule has 0 aromatic heterocycles. The third-order valence-corrected chi connectivity index (χ3v) is 3.32. The second kappa shape index (κ2) is 6.73. The molecule has 0 aliphatic rings. The van der Waals surface area contributed by atoms with Crippen molar-refractivity contribution in [3.63, 3.8) is 0 Å². The highest BCUT2D eigenvalue weighted by molar-refractivity contribution is 6.31. The number of nitrogens with one attached hydrogen (secondary N) is 1. The van der Waals surface area contributed by atoms with Crippen LogP contribution in [0.15, 0.2) is 36.4 Å². The zero-order valence-corrected chi connectivity index (χ0v) is 12.3. The molecule has 0 saturated heterocycles. The molecule has 0 amide bonds. The molecule has 2 aromatic carbocycles. The van der Waals surface area contributed by atoms with E-state index in [1.807, 2.05) is 6.92 Å². The Labute approximate surface area is 123 Å². The number of methoxy groups -OCH3 is 1. The highest BCUT2D eigenvalue weighted by Crippen LogP contribution is 2.35. The Morgan fingerprint density at radius 3 is 2.65 bits per heavy atom. The van der Waals surface area contributed by atoms with Gasteiger partial charge in [0.1, 0.15) is 11.6 Å². The summed E-state index contributed by atoms with van der Waals surface area (Å²) in [4.78, 5) is 0. The van der Waals surface area contributed by atoms with Crippen molar-refractivity contribution in [3.05, 3.63) is 52.8 Å². The first-order valence-electron chi connectivity index (χ1n) is 6.48. The van der Waals surface area contributed by atoms with Crippen LogP contribution in [-0.2, 0) is 6.54 Å². The smallest absolute Gasteiger partial charge is 0.126 e. The third-order valence-electron chi connectivity index (χ3n) is 3.09. The Kier molecular flexibility index (Phi) is 4.99. The number of hydrogen-bond acceptors (Lipinski definition) is 2. The van der Waals surface area contributed by atoms with E-state index in [2.05, 4.69) is 5.32 Å².